The van der Waals surface area contributed by atoms with Crippen molar-refractivity contribution in [3.8, 4) is 0 Å². The lowest BCUT2D eigenvalue weighted by molar-refractivity contribution is -0.0723. The van der Waals surface area contributed by atoms with Gasteiger partial charge in [0.25, 0.3) is 10.2 Å². The molecular formula is C21H37N3O3S. The molecule has 0 aromatic heterocycles. The van der Waals surface area contributed by atoms with Gasteiger partial charge in [0.2, 0.25) is 0 Å². The van der Waals surface area contributed by atoms with E-state index in [2.05, 4.69) is 4.90 Å². The van der Waals surface area contributed by atoms with Crippen LogP contribution < -0.4 is 0 Å². The maximum Gasteiger partial charge on any atom is 0.282 e. The molecule has 0 N–H and O–H groups in total. The molecule has 6 nitrogen and oxygen atoms in total. The summed E-state index contributed by atoms with van der Waals surface area (Å²) in [7, 11) is -1.62. The summed E-state index contributed by atoms with van der Waals surface area (Å²) in [5.74, 6) is 4.11. The molecule has 4 saturated carbocycles. The van der Waals surface area contributed by atoms with Crippen molar-refractivity contribution in [2.24, 2.45) is 29.6 Å². The van der Waals surface area contributed by atoms with E-state index < -0.39 is 10.2 Å². The second-order valence-corrected chi connectivity index (χ2v) is 12.1. The quantitative estimate of drug-likeness (QED) is 0.695. The highest BCUT2D eigenvalue weighted by Gasteiger charge is 2.50. The van der Waals surface area contributed by atoms with Gasteiger partial charge in [0, 0.05) is 52.4 Å². The van der Waals surface area contributed by atoms with Crippen LogP contribution in [-0.2, 0) is 14.9 Å². The lowest BCUT2D eigenvalue weighted by Crippen LogP contribution is -2.61. The predicted molar refractivity (Wildman–Crippen MR) is 109 cm³/mol. The maximum atomic E-state index is 13.2. The summed E-state index contributed by atoms with van der Waals surface area (Å²) in [6.45, 7) is 5.10. The number of hydrogen-bond donors (Lipinski definition) is 0. The van der Waals surface area contributed by atoms with Gasteiger partial charge in [-0.25, -0.2) is 0 Å². The molecule has 28 heavy (non-hydrogen) atoms. The van der Waals surface area contributed by atoms with Crippen LogP contribution in [0, 0.1) is 29.6 Å². The number of ether oxygens (including phenoxy) is 1. The third kappa shape index (κ3) is 3.55. The van der Waals surface area contributed by atoms with Crippen molar-refractivity contribution in [2.75, 3.05) is 53.0 Å². The standard InChI is InChI=1S/C21H37N3O3S/c1-27-15-16-3-2-4-24(14-16)28(25,26)23-7-5-22(6-8-23)21-19-10-17-9-18(12-19)13-20(21)11-17/h16-21H,2-15H2,1H3. The first-order valence-corrected chi connectivity index (χ1v) is 12.9. The molecule has 1 atom stereocenters. The van der Waals surface area contributed by atoms with Gasteiger partial charge in [-0.3, -0.25) is 4.90 Å². The Balaban J connectivity index is 1.20. The molecule has 2 aliphatic heterocycles. The van der Waals surface area contributed by atoms with Crippen LogP contribution in [0.15, 0.2) is 0 Å². The van der Waals surface area contributed by atoms with E-state index in [1.165, 1.54) is 32.1 Å². The monoisotopic (exact) mass is 411 g/mol. The molecule has 6 fully saturated rings. The summed E-state index contributed by atoms with van der Waals surface area (Å²) in [5, 5.41) is 0. The smallest absolute Gasteiger partial charge is 0.282 e. The summed E-state index contributed by atoms with van der Waals surface area (Å²) in [6.07, 6.45) is 9.25. The molecule has 160 valence electrons. The Kier molecular flexibility index (Phi) is 5.50. The van der Waals surface area contributed by atoms with Crippen molar-refractivity contribution >= 4 is 10.2 Å². The van der Waals surface area contributed by atoms with Crippen molar-refractivity contribution in [1.82, 2.24) is 13.5 Å². The topological polar surface area (TPSA) is 53.1 Å². The van der Waals surface area contributed by atoms with E-state index in [-0.39, 0.29) is 0 Å². The van der Waals surface area contributed by atoms with E-state index in [4.69, 9.17) is 4.74 Å². The summed E-state index contributed by atoms with van der Waals surface area (Å²) < 4.78 is 35.2. The molecule has 2 saturated heterocycles. The largest absolute Gasteiger partial charge is 0.384 e. The van der Waals surface area contributed by atoms with Gasteiger partial charge in [-0.05, 0) is 74.5 Å². The van der Waals surface area contributed by atoms with Crippen LogP contribution in [0.25, 0.3) is 0 Å². The number of hydrogen-bond acceptors (Lipinski definition) is 4. The zero-order valence-electron chi connectivity index (χ0n) is 17.3. The second kappa shape index (κ2) is 7.80. The van der Waals surface area contributed by atoms with E-state index in [9.17, 15) is 8.42 Å². The van der Waals surface area contributed by atoms with Gasteiger partial charge in [-0.1, -0.05) is 0 Å². The number of methoxy groups -OCH3 is 1. The van der Waals surface area contributed by atoms with E-state index in [1.54, 1.807) is 15.7 Å². The number of piperazine rings is 1. The molecule has 0 amide bonds. The van der Waals surface area contributed by atoms with Crippen LogP contribution in [0.3, 0.4) is 0 Å². The van der Waals surface area contributed by atoms with Gasteiger partial charge in [0.15, 0.2) is 0 Å². The first kappa shape index (κ1) is 19.7. The van der Waals surface area contributed by atoms with Crippen molar-refractivity contribution in [3.05, 3.63) is 0 Å². The zero-order valence-corrected chi connectivity index (χ0v) is 18.2. The molecule has 0 spiro atoms. The van der Waals surface area contributed by atoms with Gasteiger partial charge in [0.1, 0.15) is 0 Å². The van der Waals surface area contributed by atoms with Crippen molar-refractivity contribution in [3.63, 3.8) is 0 Å². The van der Waals surface area contributed by atoms with Crippen LogP contribution >= 0.6 is 0 Å². The van der Waals surface area contributed by atoms with Gasteiger partial charge < -0.3 is 4.74 Å². The van der Waals surface area contributed by atoms with Crippen LogP contribution in [0.2, 0.25) is 0 Å². The molecule has 4 bridgehead atoms. The summed E-state index contributed by atoms with van der Waals surface area (Å²) >= 11 is 0. The average Bonchev–Trinajstić information content (AvgIpc) is 2.68. The Morgan fingerprint density at radius 2 is 1.50 bits per heavy atom. The summed E-state index contributed by atoms with van der Waals surface area (Å²) in [5.41, 5.74) is 0. The Labute approximate surface area is 170 Å². The van der Waals surface area contributed by atoms with Crippen LogP contribution in [0.5, 0.6) is 0 Å². The normalized spacial score (nSPS) is 42.9. The van der Waals surface area contributed by atoms with Crippen LogP contribution in [-0.4, -0.2) is 81.0 Å². The molecule has 0 aromatic carbocycles. The fraction of sp³-hybridized carbons (Fsp3) is 1.00. The fourth-order valence-electron chi connectivity index (χ4n) is 7.50. The fourth-order valence-corrected chi connectivity index (χ4v) is 9.21. The van der Waals surface area contributed by atoms with Crippen molar-refractivity contribution in [2.45, 2.75) is 51.0 Å². The molecular weight excluding hydrogens is 374 g/mol. The Hall–Kier alpha value is -0.210. The van der Waals surface area contributed by atoms with E-state index >= 15 is 0 Å². The minimum Gasteiger partial charge on any atom is -0.384 e. The van der Waals surface area contributed by atoms with Crippen molar-refractivity contribution in [1.29, 1.82) is 0 Å². The maximum absolute atomic E-state index is 13.2. The molecule has 1 unspecified atom stereocenters. The zero-order chi connectivity index (χ0) is 19.3. The molecule has 0 radical (unpaired) electrons. The van der Waals surface area contributed by atoms with Crippen LogP contribution in [0.1, 0.15) is 44.9 Å². The van der Waals surface area contributed by atoms with Gasteiger partial charge in [-0.15, -0.1) is 0 Å². The molecule has 6 rings (SSSR count). The Morgan fingerprint density at radius 3 is 2.11 bits per heavy atom. The number of nitrogens with zero attached hydrogens (tertiary/aromatic N) is 3. The van der Waals surface area contributed by atoms with Gasteiger partial charge in [-0.2, -0.15) is 17.0 Å². The van der Waals surface area contributed by atoms with Gasteiger partial charge in [0.05, 0.1) is 6.61 Å². The first-order chi connectivity index (χ1) is 13.5. The third-order valence-corrected chi connectivity index (χ3v) is 10.4. The number of piperidine rings is 1. The van der Waals surface area contributed by atoms with E-state index in [1.807, 2.05) is 0 Å². The predicted octanol–water partition coefficient (Wildman–Crippen LogP) is 2.03. The molecule has 6 aliphatic rings. The molecule has 2 heterocycles. The molecule has 0 aromatic rings. The van der Waals surface area contributed by atoms with Crippen molar-refractivity contribution < 1.29 is 13.2 Å². The third-order valence-electron chi connectivity index (χ3n) is 8.41. The Morgan fingerprint density at radius 1 is 0.857 bits per heavy atom. The summed E-state index contributed by atoms with van der Waals surface area (Å²) in [4.78, 5) is 2.67. The Bertz CT molecular complexity index is 632. The van der Waals surface area contributed by atoms with E-state index in [0.717, 1.165) is 55.6 Å². The first-order valence-electron chi connectivity index (χ1n) is 11.5. The minimum atomic E-state index is -3.33. The highest BCUT2D eigenvalue weighted by molar-refractivity contribution is 7.86. The highest BCUT2D eigenvalue weighted by atomic mass is 32.2. The SMILES string of the molecule is COCC1CCCN(S(=O)(=O)N2CCN(C3C4CC5CC(C4)CC3C5)CC2)C1. The molecule has 4 aliphatic carbocycles. The van der Waals surface area contributed by atoms with Gasteiger partial charge >= 0.3 is 0 Å². The highest BCUT2D eigenvalue weighted by Crippen LogP contribution is 2.55. The minimum absolute atomic E-state index is 0.336. The average molecular weight is 412 g/mol. The summed E-state index contributed by atoms with van der Waals surface area (Å²) in [6, 6.07) is 0.735. The molecule has 7 heteroatoms. The second-order valence-electron chi connectivity index (χ2n) is 10.2. The van der Waals surface area contributed by atoms with Crippen LogP contribution in [0.4, 0.5) is 0 Å². The lowest BCUT2D eigenvalue weighted by atomic mass is 9.54. The lowest BCUT2D eigenvalue weighted by Gasteiger charge is -2.58. The van der Waals surface area contributed by atoms with E-state index in [0.29, 0.717) is 38.7 Å². The number of rotatable bonds is 5.